The summed E-state index contributed by atoms with van der Waals surface area (Å²) in [6.07, 6.45) is 0. The van der Waals surface area contributed by atoms with Crippen molar-refractivity contribution in [3.8, 4) is 5.75 Å². The molecule has 2 aromatic carbocycles. The van der Waals surface area contributed by atoms with Gasteiger partial charge in [0.15, 0.2) is 9.84 Å². The topological polar surface area (TPSA) is 86.5 Å². The van der Waals surface area contributed by atoms with Gasteiger partial charge in [0.05, 0.1) is 15.6 Å². The van der Waals surface area contributed by atoms with E-state index in [1.165, 1.54) is 36.4 Å². The van der Waals surface area contributed by atoms with Crippen LogP contribution in [0.5, 0.6) is 5.75 Å². The molecule has 0 heterocycles. The van der Waals surface area contributed by atoms with Crippen molar-refractivity contribution in [3.63, 3.8) is 0 Å². The molecule has 0 saturated carbocycles. The highest BCUT2D eigenvalue weighted by Gasteiger charge is 2.14. The third-order valence-corrected chi connectivity index (χ3v) is 4.47. The van der Waals surface area contributed by atoms with Crippen LogP contribution < -0.4 is 4.74 Å². The quantitative estimate of drug-likeness (QED) is 0.604. The van der Waals surface area contributed by atoms with Crippen LogP contribution in [-0.4, -0.2) is 25.7 Å². The Morgan fingerprint density at radius 1 is 1.00 bits per heavy atom. The Kier molecular flexibility index (Phi) is 4.54. The number of non-ortho nitro benzene ring substituents is 1. The average Bonchev–Trinajstić information content (AvgIpc) is 2.48. The maximum Gasteiger partial charge on any atom is 0.269 e. The largest absolute Gasteiger partial charge is 0.493 e. The maximum absolute atomic E-state index is 12.0. The van der Waals surface area contributed by atoms with E-state index in [1.54, 1.807) is 18.2 Å². The molecule has 110 valence electrons. The van der Waals surface area contributed by atoms with Crippen LogP contribution in [-0.2, 0) is 9.84 Å². The van der Waals surface area contributed by atoms with Gasteiger partial charge in [-0.05, 0) is 24.3 Å². The molecule has 0 amide bonds. The third kappa shape index (κ3) is 4.03. The summed E-state index contributed by atoms with van der Waals surface area (Å²) in [6, 6.07) is 13.6. The molecule has 6 nitrogen and oxygen atoms in total. The lowest BCUT2D eigenvalue weighted by molar-refractivity contribution is -0.384. The van der Waals surface area contributed by atoms with E-state index in [0.29, 0.717) is 5.75 Å². The summed E-state index contributed by atoms with van der Waals surface area (Å²) < 4.78 is 29.3. The van der Waals surface area contributed by atoms with Gasteiger partial charge in [-0.15, -0.1) is 0 Å². The zero-order chi connectivity index (χ0) is 15.3. The van der Waals surface area contributed by atoms with E-state index >= 15 is 0 Å². The minimum Gasteiger partial charge on any atom is -0.493 e. The van der Waals surface area contributed by atoms with Crippen molar-refractivity contribution in [3.05, 3.63) is 64.7 Å². The first-order valence-corrected chi connectivity index (χ1v) is 7.79. The number of rotatable bonds is 6. The van der Waals surface area contributed by atoms with Crippen LogP contribution in [0.25, 0.3) is 0 Å². The molecule has 2 aromatic rings. The second-order valence-electron chi connectivity index (χ2n) is 4.23. The second kappa shape index (κ2) is 6.36. The van der Waals surface area contributed by atoms with Crippen molar-refractivity contribution in [2.45, 2.75) is 4.90 Å². The van der Waals surface area contributed by atoms with Crippen molar-refractivity contribution in [1.29, 1.82) is 0 Å². The standard InChI is InChI=1S/C14H13NO5S/c16-15(17)12-6-8-13(9-7-12)20-10-11-21(18,19)14-4-2-1-3-5-14/h1-9H,10-11H2. The van der Waals surface area contributed by atoms with E-state index in [9.17, 15) is 18.5 Å². The maximum atomic E-state index is 12.0. The Labute approximate surface area is 122 Å². The minimum absolute atomic E-state index is 0.0188. The van der Waals surface area contributed by atoms with Gasteiger partial charge in [-0.25, -0.2) is 8.42 Å². The van der Waals surface area contributed by atoms with Crippen molar-refractivity contribution >= 4 is 15.5 Å². The molecule has 0 bridgehead atoms. The predicted octanol–water partition coefficient (Wildman–Crippen LogP) is 2.45. The van der Waals surface area contributed by atoms with E-state index in [1.807, 2.05) is 0 Å². The molecule has 21 heavy (non-hydrogen) atoms. The fourth-order valence-electron chi connectivity index (χ4n) is 1.68. The minimum atomic E-state index is -3.39. The van der Waals surface area contributed by atoms with Gasteiger partial charge in [0.2, 0.25) is 0 Å². The molecule has 0 radical (unpaired) electrons. The van der Waals surface area contributed by atoms with Gasteiger partial charge >= 0.3 is 0 Å². The molecule has 0 fully saturated rings. The number of hydrogen-bond acceptors (Lipinski definition) is 5. The molecule has 0 N–H and O–H groups in total. The fraction of sp³-hybridized carbons (Fsp3) is 0.143. The Morgan fingerprint density at radius 3 is 2.19 bits per heavy atom. The lowest BCUT2D eigenvalue weighted by atomic mass is 10.3. The highest BCUT2D eigenvalue weighted by atomic mass is 32.2. The van der Waals surface area contributed by atoms with Crippen molar-refractivity contribution in [1.82, 2.24) is 0 Å². The Hall–Kier alpha value is -2.41. The lowest BCUT2D eigenvalue weighted by Crippen LogP contribution is -2.14. The van der Waals surface area contributed by atoms with Crippen LogP contribution in [0.2, 0.25) is 0 Å². The summed E-state index contributed by atoms with van der Waals surface area (Å²) in [7, 11) is -3.39. The lowest BCUT2D eigenvalue weighted by Gasteiger charge is -2.07. The highest BCUT2D eigenvalue weighted by molar-refractivity contribution is 7.91. The molecule has 0 saturated heterocycles. The number of hydrogen-bond donors (Lipinski definition) is 0. The first kappa shape index (κ1) is 15.0. The van der Waals surface area contributed by atoms with Crippen molar-refractivity contribution in [2.24, 2.45) is 0 Å². The molecule has 0 atom stereocenters. The van der Waals surface area contributed by atoms with Gasteiger partial charge in [0.1, 0.15) is 12.4 Å². The summed E-state index contributed by atoms with van der Waals surface area (Å²) in [6.45, 7) is -0.0188. The highest BCUT2D eigenvalue weighted by Crippen LogP contribution is 2.17. The Bertz CT molecular complexity index is 711. The van der Waals surface area contributed by atoms with Crippen molar-refractivity contribution in [2.75, 3.05) is 12.4 Å². The normalized spacial score (nSPS) is 11.0. The first-order chi connectivity index (χ1) is 9.99. The SMILES string of the molecule is O=[N+]([O-])c1ccc(OCCS(=O)(=O)c2ccccc2)cc1. The van der Waals surface area contributed by atoms with Gasteiger partial charge in [0, 0.05) is 12.1 Å². The molecule has 0 aliphatic rings. The second-order valence-corrected chi connectivity index (χ2v) is 6.34. The summed E-state index contributed by atoms with van der Waals surface area (Å²) in [5.74, 6) is 0.234. The van der Waals surface area contributed by atoms with E-state index in [-0.39, 0.29) is 22.9 Å². The van der Waals surface area contributed by atoms with E-state index in [2.05, 4.69) is 0 Å². The fourth-order valence-corrected chi connectivity index (χ4v) is 2.79. The Morgan fingerprint density at radius 2 is 1.62 bits per heavy atom. The number of ether oxygens (including phenoxy) is 1. The van der Waals surface area contributed by atoms with E-state index < -0.39 is 14.8 Å². The van der Waals surface area contributed by atoms with Gasteiger partial charge in [-0.3, -0.25) is 10.1 Å². The summed E-state index contributed by atoms with van der Waals surface area (Å²) in [4.78, 5) is 10.2. The summed E-state index contributed by atoms with van der Waals surface area (Å²) in [5, 5.41) is 10.5. The smallest absolute Gasteiger partial charge is 0.269 e. The molecule has 0 aliphatic heterocycles. The number of benzene rings is 2. The molecule has 0 unspecified atom stereocenters. The molecule has 2 rings (SSSR count). The van der Waals surface area contributed by atoms with Gasteiger partial charge in [-0.1, -0.05) is 18.2 Å². The average molecular weight is 307 g/mol. The van der Waals surface area contributed by atoms with Crippen LogP contribution in [0.1, 0.15) is 0 Å². The molecular weight excluding hydrogens is 294 g/mol. The third-order valence-electron chi connectivity index (χ3n) is 2.77. The Balaban J connectivity index is 1.94. The van der Waals surface area contributed by atoms with Crippen LogP contribution in [0.15, 0.2) is 59.5 Å². The zero-order valence-electron chi connectivity index (χ0n) is 11.0. The first-order valence-electron chi connectivity index (χ1n) is 6.14. The van der Waals surface area contributed by atoms with Gasteiger partial charge in [-0.2, -0.15) is 0 Å². The number of nitrogens with zero attached hydrogens (tertiary/aromatic N) is 1. The molecule has 7 heteroatoms. The predicted molar refractivity (Wildman–Crippen MR) is 77.1 cm³/mol. The van der Waals surface area contributed by atoms with Crippen LogP contribution in [0, 0.1) is 10.1 Å². The van der Waals surface area contributed by atoms with Gasteiger partial charge in [0.25, 0.3) is 5.69 Å². The van der Waals surface area contributed by atoms with E-state index in [4.69, 9.17) is 4.74 Å². The summed E-state index contributed by atoms with van der Waals surface area (Å²) in [5.41, 5.74) is -0.0424. The number of nitro benzene ring substituents is 1. The van der Waals surface area contributed by atoms with E-state index in [0.717, 1.165) is 0 Å². The van der Waals surface area contributed by atoms with Crippen LogP contribution in [0.4, 0.5) is 5.69 Å². The van der Waals surface area contributed by atoms with Gasteiger partial charge < -0.3 is 4.74 Å². The molecule has 0 aliphatic carbocycles. The van der Waals surface area contributed by atoms with Crippen LogP contribution >= 0.6 is 0 Å². The van der Waals surface area contributed by atoms with Crippen molar-refractivity contribution < 1.29 is 18.1 Å². The zero-order valence-corrected chi connectivity index (χ0v) is 11.8. The number of sulfone groups is 1. The number of nitro groups is 1. The summed E-state index contributed by atoms with van der Waals surface area (Å²) >= 11 is 0. The van der Waals surface area contributed by atoms with Crippen LogP contribution in [0.3, 0.4) is 0 Å². The molecule has 0 aromatic heterocycles. The molecule has 0 spiro atoms. The molecular formula is C14H13NO5S. The monoisotopic (exact) mass is 307 g/mol.